The van der Waals surface area contributed by atoms with Crippen LogP contribution in [0.5, 0.6) is 0 Å². The summed E-state index contributed by atoms with van der Waals surface area (Å²) < 4.78 is 32.8. The van der Waals surface area contributed by atoms with Crippen molar-refractivity contribution in [3.05, 3.63) is 60.0 Å². The minimum absolute atomic E-state index is 0.0756. The van der Waals surface area contributed by atoms with Crippen LogP contribution in [0, 0.1) is 12.8 Å². The van der Waals surface area contributed by atoms with Crippen LogP contribution in [-0.4, -0.2) is 60.5 Å². The van der Waals surface area contributed by atoms with Crippen molar-refractivity contribution in [1.29, 1.82) is 0 Å². The topological polar surface area (TPSA) is 139 Å². The van der Waals surface area contributed by atoms with Crippen LogP contribution < -0.4 is 10.6 Å². The number of benzene rings is 1. The summed E-state index contributed by atoms with van der Waals surface area (Å²) in [5.74, 6) is -1.22. The molecule has 0 radical (unpaired) electrons. The minimum atomic E-state index is -3.94. The molecular weight excluding hydrogens is 508 g/mol. The van der Waals surface area contributed by atoms with E-state index in [-0.39, 0.29) is 36.2 Å². The Hall–Kier alpha value is -3.57. The van der Waals surface area contributed by atoms with E-state index in [0.29, 0.717) is 24.0 Å². The number of furan rings is 1. The second kappa shape index (κ2) is 11.4. The molecule has 1 unspecified atom stereocenters. The largest absolute Gasteiger partial charge is 0.451 e. The van der Waals surface area contributed by atoms with Gasteiger partial charge in [0.25, 0.3) is 15.9 Å². The van der Waals surface area contributed by atoms with Gasteiger partial charge in [0.15, 0.2) is 16.6 Å². The van der Waals surface area contributed by atoms with E-state index in [9.17, 15) is 22.8 Å². The standard InChI is InChI=1S/C27H32N4O6S/c1-17(2)15-21(30-27(34)25-18(3)19-9-4-5-11-23(19)37-25)26(33)29-20-10-8-14-31(16-22(20)32)38(35,36)24-12-6-7-13-28-24/h4-7,9,11-13,17,20-21H,8,10,14-16H2,1-3H3,(H,29,33)(H,30,34)/t20?,21-/m0/s1. The highest BCUT2D eigenvalue weighted by Gasteiger charge is 2.35. The molecule has 3 heterocycles. The van der Waals surface area contributed by atoms with Crippen molar-refractivity contribution >= 4 is 38.6 Å². The number of Topliss-reactive ketones (excluding diaryl/α,β-unsaturated/α-hetero) is 1. The predicted molar refractivity (Wildman–Crippen MR) is 141 cm³/mol. The highest BCUT2D eigenvalue weighted by Crippen LogP contribution is 2.25. The summed E-state index contributed by atoms with van der Waals surface area (Å²) in [5, 5.41) is 6.21. The zero-order chi connectivity index (χ0) is 27.4. The van der Waals surface area contributed by atoms with Crippen molar-refractivity contribution in [2.75, 3.05) is 13.1 Å². The summed E-state index contributed by atoms with van der Waals surface area (Å²) in [6, 6.07) is 10.1. The molecule has 1 fully saturated rings. The van der Waals surface area contributed by atoms with E-state index in [1.807, 2.05) is 32.0 Å². The summed E-state index contributed by atoms with van der Waals surface area (Å²) in [4.78, 5) is 43.3. The van der Waals surface area contributed by atoms with Gasteiger partial charge in [-0.1, -0.05) is 38.1 Å². The monoisotopic (exact) mass is 540 g/mol. The molecule has 1 aromatic carbocycles. The Morgan fingerprint density at radius 1 is 1.16 bits per heavy atom. The average Bonchev–Trinajstić information content (AvgIpc) is 3.11. The summed E-state index contributed by atoms with van der Waals surface area (Å²) >= 11 is 0. The van der Waals surface area contributed by atoms with Crippen molar-refractivity contribution in [3.8, 4) is 0 Å². The number of nitrogens with zero attached hydrogens (tertiary/aromatic N) is 2. The zero-order valence-corrected chi connectivity index (χ0v) is 22.5. The van der Waals surface area contributed by atoms with Crippen LogP contribution in [0.15, 0.2) is 58.1 Å². The Balaban J connectivity index is 1.46. The van der Waals surface area contributed by atoms with Crippen LogP contribution in [0.25, 0.3) is 11.0 Å². The van der Waals surface area contributed by atoms with E-state index in [4.69, 9.17) is 4.42 Å². The third kappa shape index (κ3) is 5.94. The lowest BCUT2D eigenvalue weighted by atomic mass is 10.0. The predicted octanol–water partition coefficient (Wildman–Crippen LogP) is 2.82. The molecule has 1 aliphatic heterocycles. The Labute approximate surface area is 221 Å². The van der Waals surface area contributed by atoms with E-state index in [2.05, 4.69) is 15.6 Å². The van der Waals surface area contributed by atoms with Crippen molar-refractivity contribution in [2.45, 2.75) is 57.1 Å². The number of hydrogen-bond donors (Lipinski definition) is 2. The smallest absolute Gasteiger partial charge is 0.287 e. The molecule has 2 amide bonds. The van der Waals surface area contributed by atoms with Crippen LogP contribution in [-0.2, 0) is 19.6 Å². The number of carbonyl (C=O) groups is 3. The molecule has 0 aliphatic carbocycles. The van der Waals surface area contributed by atoms with Gasteiger partial charge in [-0.3, -0.25) is 14.4 Å². The lowest BCUT2D eigenvalue weighted by Gasteiger charge is -2.23. The number of aryl methyl sites for hydroxylation is 1. The summed E-state index contributed by atoms with van der Waals surface area (Å²) in [6.07, 6.45) is 2.38. The van der Waals surface area contributed by atoms with Gasteiger partial charge in [0, 0.05) is 23.7 Å². The SMILES string of the molecule is Cc1c(C(=O)N[C@@H](CC(C)C)C(=O)NC2CCCN(S(=O)(=O)c3ccccn3)CC2=O)oc2ccccc12. The van der Waals surface area contributed by atoms with Gasteiger partial charge in [-0.25, -0.2) is 13.4 Å². The molecule has 0 bridgehead atoms. The molecule has 1 aliphatic rings. The number of para-hydroxylation sites is 1. The van der Waals surface area contributed by atoms with E-state index in [1.54, 1.807) is 25.1 Å². The third-order valence-electron chi connectivity index (χ3n) is 6.56. The van der Waals surface area contributed by atoms with E-state index in [0.717, 1.165) is 9.69 Å². The van der Waals surface area contributed by atoms with Gasteiger partial charge in [-0.2, -0.15) is 4.31 Å². The van der Waals surface area contributed by atoms with Crippen molar-refractivity contribution in [2.24, 2.45) is 5.92 Å². The van der Waals surface area contributed by atoms with Gasteiger partial charge in [0.05, 0.1) is 12.6 Å². The van der Waals surface area contributed by atoms with Crippen LogP contribution in [0.3, 0.4) is 0 Å². The fraction of sp³-hybridized carbons (Fsp3) is 0.407. The number of fused-ring (bicyclic) bond motifs is 1. The van der Waals surface area contributed by atoms with E-state index in [1.165, 1.54) is 12.3 Å². The molecule has 0 spiro atoms. The number of nitrogens with one attached hydrogen (secondary N) is 2. The molecule has 38 heavy (non-hydrogen) atoms. The van der Waals surface area contributed by atoms with Gasteiger partial charge < -0.3 is 15.1 Å². The maximum atomic E-state index is 13.3. The molecular formula is C27H32N4O6S. The van der Waals surface area contributed by atoms with E-state index < -0.39 is 39.7 Å². The first-order valence-corrected chi connectivity index (χ1v) is 14.0. The maximum absolute atomic E-state index is 13.3. The molecule has 202 valence electrons. The molecule has 4 rings (SSSR count). The molecule has 2 N–H and O–H groups in total. The first-order valence-electron chi connectivity index (χ1n) is 12.6. The number of aromatic nitrogens is 1. The van der Waals surface area contributed by atoms with Gasteiger partial charge in [0.2, 0.25) is 5.91 Å². The zero-order valence-electron chi connectivity index (χ0n) is 21.6. The van der Waals surface area contributed by atoms with Crippen LogP contribution in [0.2, 0.25) is 0 Å². The fourth-order valence-corrected chi connectivity index (χ4v) is 5.95. The van der Waals surface area contributed by atoms with Gasteiger partial charge in [-0.15, -0.1) is 0 Å². The molecule has 0 saturated carbocycles. The second-order valence-electron chi connectivity index (χ2n) is 9.88. The van der Waals surface area contributed by atoms with Crippen molar-refractivity contribution in [3.63, 3.8) is 0 Å². The quantitative estimate of drug-likeness (QED) is 0.448. The fourth-order valence-electron chi connectivity index (χ4n) is 4.58. The van der Waals surface area contributed by atoms with Gasteiger partial charge in [-0.05, 0) is 50.3 Å². The van der Waals surface area contributed by atoms with Crippen LogP contribution in [0.4, 0.5) is 0 Å². The third-order valence-corrected chi connectivity index (χ3v) is 8.32. The molecule has 3 aromatic rings. The van der Waals surface area contributed by atoms with Crippen LogP contribution >= 0.6 is 0 Å². The average molecular weight is 541 g/mol. The summed E-state index contributed by atoms with van der Waals surface area (Å²) in [6.45, 7) is 5.40. The van der Waals surface area contributed by atoms with E-state index >= 15 is 0 Å². The molecule has 2 atom stereocenters. The number of pyridine rings is 1. The number of sulfonamides is 1. The summed E-state index contributed by atoms with van der Waals surface area (Å²) in [7, 11) is -3.94. The first-order chi connectivity index (χ1) is 18.1. The minimum Gasteiger partial charge on any atom is -0.451 e. The lowest BCUT2D eigenvalue weighted by molar-refractivity contribution is -0.129. The number of carbonyl (C=O) groups excluding carboxylic acids is 3. The number of ketones is 1. The maximum Gasteiger partial charge on any atom is 0.287 e. The Bertz CT molecular complexity index is 1430. The second-order valence-corrected chi connectivity index (χ2v) is 11.8. The molecule has 10 nitrogen and oxygen atoms in total. The van der Waals surface area contributed by atoms with Crippen LogP contribution in [0.1, 0.15) is 49.2 Å². The van der Waals surface area contributed by atoms with Gasteiger partial charge >= 0.3 is 0 Å². The Morgan fingerprint density at radius 3 is 2.58 bits per heavy atom. The Kier molecular flexibility index (Phi) is 8.27. The highest BCUT2D eigenvalue weighted by atomic mass is 32.2. The molecule has 2 aromatic heterocycles. The molecule has 1 saturated heterocycles. The van der Waals surface area contributed by atoms with Gasteiger partial charge in [0.1, 0.15) is 11.6 Å². The van der Waals surface area contributed by atoms with Crippen molar-refractivity contribution in [1.82, 2.24) is 19.9 Å². The number of hydrogen-bond acceptors (Lipinski definition) is 7. The lowest BCUT2D eigenvalue weighted by Crippen LogP contribution is -2.52. The summed E-state index contributed by atoms with van der Waals surface area (Å²) in [5.41, 5.74) is 1.25. The molecule has 11 heteroatoms. The normalized spacial score (nSPS) is 17.8. The Morgan fingerprint density at radius 2 is 1.89 bits per heavy atom. The van der Waals surface area contributed by atoms with Crippen molar-refractivity contribution < 1.29 is 27.2 Å². The number of rotatable bonds is 8. The number of amides is 2. The first kappa shape index (κ1) is 27.5. The highest BCUT2D eigenvalue weighted by molar-refractivity contribution is 7.89.